The minimum absolute atomic E-state index is 0.335. The highest BCUT2D eigenvalue weighted by Crippen LogP contribution is 2.29. The lowest BCUT2D eigenvalue weighted by Gasteiger charge is -2.09. The highest BCUT2D eigenvalue weighted by Gasteiger charge is 2.09. The number of pyridine rings is 1. The number of hydrogen-bond donors (Lipinski definition) is 0. The van der Waals surface area contributed by atoms with Gasteiger partial charge in [0.05, 0.1) is 15.6 Å². The first-order valence-corrected chi connectivity index (χ1v) is 8.23. The lowest BCUT2D eigenvalue weighted by Crippen LogP contribution is -1.96. The summed E-state index contributed by atoms with van der Waals surface area (Å²) in [5.41, 5.74) is 2.64. The van der Waals surface area contributed by atoms with Crippen LogP contribution in [0, 0.1) is 11.3 Å². The van der Waals surface area contributed by atoms with Crippen molar-refractivity contribution in [2.75, 3.05) is 0 Å². The van der Waals surface area contributed by atoms with E-state index in [1.807, 2.05) is 24.3 Å². The van der Waals surface area contributed by atoms with Gasteiger partial charge in [-0.3, -0.25) is 0 Å². The lowest BCUT2D eigenvalue weighted by atomic mass is 10.1. The Labute approximate surface area is 139 Å². The highest BCUT2D eigenvalue weighted by atomic mass is 35.5. The van der Waals surface area contributed by atoms with E-state index in [9.17, 15) is 5.26 Å². The minimum atomic E-state index is 0.335. The van der Waals surface area contributed by atoms with Crippen molar-refractivity contribution in [3.63, 3.8) is 0 Å². The molecule has 0 spiro atoms. The van der Waals surface area contributed by atoms with Crippen molar-refractivity contribution in [3.05, 3.63) is 57.2 Å². The summed E-state index contributed by atoms with van der Waals surface area (Å²) in [5.74, 6) is 1.03. The smallest absolute Gasteiger partial charge is 0.114 e. The molecule has 2 nitrogen and oxygen atoms in total. The topological polar surface area (TPSA) is 36.7 Å². The van der Waals surface area contributed by atoms with Crippen LogP contribution in [0.25, 0.3) is 0 Å². The molecule has 1 heterocycles. The summed E-state index contributed by atoms with van der Waals surface area (Å²) in [6.45, 7) is 4.17. The maximum atomic E-state index is 9.18. The molecule has 2 rings (SSSR count). The minimum Gasteiger partial charge on any atom is -0.245 e. The van der Waals surface area contributed by atoms with Gasteiger partial charge in [-0.2, -0.15) is 5.26 Å². The normalized spacial score (nSPS) is 10.7. The van der Waals surface area contributed by atoms with Crippen LogP contribution in [0.5, 0.6) is 0 Å². The molecule has 0 unspecified atom stereocenters. The van der Waals surface area contributed by atoms with Crippen molar-refractivity contribution in [1.82, 2.24) is 4.98 Å². The second kappa shape index (κ2) is 7.17. The maximum Gasteiger partial charge on any atom is 0.114 e. The van der Waals surface area contributed by atoms with E-state index in [2.05, 4.69) is 24.9 Å². The quantitative estimate of drug-likeness (QED) is 0.674. The summed E-state index contributed by atoms with van der Waals surface area (Å²) >= 11 is 13.5. The molecule has 21 heavy (non-hydrogen) atoms. The summed E-state index contributed by atoms with van der Waals surface area (Å²) in [7, 11) is 0. The molecule has 0 saturated carbocycles. The van der Waals surface area contributed by atoms with Crippen LogP contribution in [-0.2, 0) is 5.75 Å². The highest BCUT2D eigenvalue weighted by molar-refractivity contribution is 7.98. The van der Waals surface area contributed by atoms with Gasteiger partial charge in [0.25, 0.3) is 0 Å². The van der Waals surface area contributed by atoms with E-state index >= 15 is 0 Å². The molecule has 0 atom stereocenters. The van der Waals surface area contributed by atoms with E-state index in [1.54, 1.807) is 6.07 Å². The maximum absolute atomic E-state index is 9.18. The molecular formula is C16H14Cl2N2S. The molecule has 1 aromatic carbocycles. The first-order valence-electron chi connectivity index (χ1n) is 6.49. The van der Waals surface area contributed by atoms with Gasteiger partial charge >= 0.3 is 0 Å². The van der Waals surface area contributed by atoms with Crippen molar-refractivity contribution in [1.29, 1.82) is 5.26 Å². The molecule has 108 valence electrons. The molecule has 0 aliphatic heterocycles. The van der Waals surface area contributed by atoms with Gasteiger partial charge < -0.3 is 0 Å². The molecule has 0 radical (unpaired) electrons. The standard InChI is InChI=1S/C16H14Cl2N2S/c1-10(2)15-6-4-12(8-19)16(20-15)21-9-11-3-5-13(17)14(18)7-11/h3-7,10H,9H2,1-2H3. The molecule has 0 bridgehead atoms. The van der Waals surface area contributed by atoms with E-state index in [1.165, 1.54) is 11.8 Å². The van der Waals surface area contributed by atoms with Crippen LogP contribution < -0.4 is 0 Å². The average molecular weight is 337 g/mol. The zero-order chi connectivity index (χ0) is 15.4. The van der Waals surface area contributed by atoms with Crippen LogP contribution >= 0.6 is 35.0 Å². The fraction of sp³-hybridized carbons (Fsp3) is 0.250. The third kappa shape index (κ3) is 4.14. The van der Waals surface area contributed by atoms with Crippen LogP contribution in [0.2, 0.25) is 10.0 Å². The van der Waals surface area contributed by atoms with Gasteiger partial charge in [0.15, 0.2) is 0 Å². The molecule has 2 aromatic rings. The molecular weight excluding hydrogens is 323 g/mol. The molecule has 1 aromatic heterocycles. The van der Waals surface area contributed by atoms with Crippen molar-refractivity contribution >= 4 is 35.0 Å². The number of nitriles is 1. The number of hydrogen-bond acceptors (Lipinski definition) is 3. The first-order chi connectivity index (χ1) is 10.0. The number of halogens is 2. The van der Waals surface area contributed by atoms with E-state index in [0.717, 1.165) is 16.3 Å². The number of benzene rings is 1. The van der Waals surface area contributed by atoms with Gasteiger partial charge in [0.2, 0.25) is 0 Å². The predicted molar refractivity (Wildman–Crippen MR) is 89.1 cm³/mol. The van der Waals surface area contributed by atoms with Crippen molar-refractivity contribution in [2.24, 2.45) is 0 Å². The summed E-state index contributed by atoms with van der Waals surface area (Å²) in [5, 5.41) is 11.0. The van der Waals surface area contributed by atoms with Crippen LogP contribution in [0.4, 0.5) is 0 Å². The Bertz CT molecular complexity index is 693. The third-order valence-corrected chi connectivity index (χ3v) is 4.75. The van der Waals surface area contributed by atoms with Gasteiger partial charge in [0.1, 0.15) is 11.1 Å². The summed E-state index contributed by atoms with van der Waals surface area (Å²) in [6, 6.07) is 11.5. The number of thioether (sulfide) groups is 1. The first kappa shape index (κ1) is 16.2. The predicted octanol–water partition coefficient (Wildman–Crippen LogP) is 5.68. The fourth-order valence-electron chi connectivity index (χ4n) is 1.75. The summed E-state index contributed by atoms with van der Waals surface area (Å²) in [6.07, 6.45) is 0. The Balaban J connectivity index is 2.20. The SMILES string of the molecule is CC(C)c1ccc(C#N)c(SCc2ccc(Cl)c(Cl)c2)n1. The van der Waals surface area contributed by atoms with Crippen molar-refractivity contribution in [3.8, 4) is 6.07 Å². The molecule has 5 heteroatoms. The van der Waals surface area contributed by atoms with Crippen LogP contribution in [0.1, 0.15) is 36.6 Å². The Morgan fingerprint density at radius 2 is 1.95 bits per heavy atom. The zero-order valence-corrected chi connectivity index (χ0v) is 14.1. The monoisotopic (exact) mass is 336 g/mol. The second-order valence-electron chi connectivity index (χ2n) is 4.89. The van der Waals surface area contributed by atoms with E-state index in [0.29, 0.717) is 27.3 Å². The lowest BCUT2D eigenvalue weighted by molar-refractivity contribution is 0.801. The largest absolute Gasteiger partial charge is 0.245 e. The third-order valence-electron chi connectivity index (χ3n) is 2.95. The van der Waals surface area contributed by atoms with Crippen molar-refractivity contribution in [2.45, 2.75) is 30.5 Å². The Kier molecular flexibility index (Phi) is 5.52. The van der Waals surface area contributed by atoms with Gasteiger partial charge in [-0.05, 0) is 35.7 Å². The van der Waals surface area contributed by atoms with E-state index in [-0.39, 0.29) is 0 Å². The fourth-order valence-corrected chi connectivity index (χ4v) is 3.00. The number of aromatic nitrogens is 1. The molecule has 0 aliphatic carbocycles. The Morgan fingerprint density at radius 3 is 2.57 bits per heavy atom. The van der Waals surface area contributed by atoms with Gasteiger partial charge in [-0.15, -0.1) is 11.8 Å². The summed E-state index contributed by atoms with van der Waals surface area (Å²) in [4.78, 5) is 4.58. The Hall–Kier alpha value is -1.21. The Morgan fingerprint density at radius 1 is 1.19 bits per heavy atom. The summed E-state index contributed by atoms with van der Waals surface area (Å²) < 4.78 is 0. The number of rotatable bonds is 4. The van der Waals surface area contributed by atoms with Crippen LogP contribution in [-0.4, -0.2) is 4.98 Å². The zero-order valence-electron chi connectivity index (χ0n) is 11.7. The average Bonchev–Trinajstić information content (AvgIpc) is 2.48. The van der Waals surface area contributed by atoms with Gasteiger partial charge in [0, 0.05) is 11.4 Å². The molecule has 0 amide bonds. The van der Waals surface area contributed by atoms with Gasteiger partial charge in [-0.25, -0.2) is 4.98 Å². The van der Waals surface area contributed by atoms with Gasteiger partial charge in [-0.1, -0.05) is 43.1 Å². The van der Waals surface area contributed by atoms with E-state index in [4.69, 9.17) is 23.2 Å². The molecule has 0 aliphatic rings. The van der Waals surface area contributed by atoms with Crippen LogP contribution in [0.3, 0.4) is 0 Å². The number of nitrogens with zero attached hydrogens (tertiary/aromatic N) is 2. The molecule has 0 fully saturated rings. The molecule has 0 saturated heterocycles. The van der Waals surface area contributed by atoms with Crippen LogP contribution in [0.15, 0.2) is 35.4 Å². The molecule has 0 N–H and O–H groups in total. The second-order valence-corrected chi connectivity index (χ2v) is 6.67. The van der Waals surface area contributed by atoms with E-state index < -0.39 is 0 Å². The van der Waals surface area contributed by atoms with Crippen molar-refractivity contribution < 1.29 is 0 Å².